The molecule has 0 saturated carbocycles. The van der Waals surface area contributed by atoms with Crippen LogP contribution < -0.4 is 10.6 Å². The van der Waals surface area contributed by atoms with Crippen LogP contribution in [-0.2, 0) is 19.1 Å². The van der Waals surface area contributed by atoms with Gasteiger partial charge in [-0.05, 0) is 37.8 Å². The van der Waals surface area contributed by atoms with E-state index < -0.39 is 23.5 Å². The van der Waals surface area contributed by atoms with E-state index in [-0.39, 0.29) is 37.0 Å². The number of carbonyl (C=O) groups is 3. The second-order valence-electron chi connectivity index (χ2n) is 9.02. The number of aliphatic hydroxyl groups excluding tert-OH is 1. The summed E-state index contributed by atoms with van der Waals surface area (Å²) >= 11 is 0. The summed E-state index contributed by atoms with van der Waals surface area (Å²) in [6.45, 7) is 2.84. The number of nitrogens with one attached hydrogen (secondary N) is 2. The number of fused-ring (bicyclic) bond motifs is 1. The summed E-state index contributed by atoms with van der Waals surface area (Å²) in [6, 6.07) is 8.38. The normalized spacial score (nSPS) is 30.4. The maximum absolute atomic E-state index is 13.5. The highest BCUT2D eigenvalue weighted by molar-refractivity contribution is 6.01. The van der Waals surface area contributed by atoms with Crippen molar-refractivity contribution in [1.29, 1.82) is 0 Å². The zero-order valence-corrected chi connectivity index (χ0v) is 18.6. The fourth-order valence-corrected chi connectivity index (χ4v) is 5.67. The number of nitrogens with zero attached hydrogens (tertiary/aromatic N) is 1. The van der Waals surface area contributed by atoms with Gasteiger partial charge >= 0.3 is 0 Å². The summed E-state index contributed by atoms with van der Waals surface area (Å²) in [5, 5.41) is 15.2. The zero-order valence-electron chi connectivity index (χ0n) is 18.6. The molecule has 1 aromatic rings. The first-order valence-electron chi connectivity index (χ1n) is 11.8. The van der Waals surface area contributed by atoms with Crippen LogP contribution >= 0.6 is 0 Å². The van der Waals surface area contributed by atoms with Gasteiger partial charge in [0.1, 0.15) is 11.6 Å². The Morgan fingerprint density at radius 1 is 1.19 bits per heavy atom. The summed E-state index contributed by atoms with van der Waals surface area (Å²) in [7, 11) is 0. The fraction of sp³-hybridized carbons (Fsp3) is 0.625. The topological polar surface area (TPSA) is 108 Å². The largest absolute Gasteiger partial charge is 0.396 e. The Hall–Kier alpha value is -2.45. The van der Waals surface area contributed by atoms with Crippen molar-refractivity contribution in [2.75, 3.05) is 25.0 Å². The quantitative estimate of drug-likeness (QED) is 0.477. The third-order valence-corrected chi connectivity index (χ3v) is 7.03. The predicted octanol–water partition coefficient (Wildman–Crippen LogP) is 1.69. The lowest BCUT2D eigenvalue weighted by Crippen LogP contribution is -2.55. The maximum atomic E-state index is 13.5. The third-order valence-electron chi connectivity index (χ3n) is 7.03. The van der Waals surface area contributed by atoms with E-state index in [1.807, 2.05) is 18.2 Å². The van der Waals surface area contributed by atoms with E-state index in [2.05, 4.69) is 17.6 Å². The van der Waals surface area contributed by atoms with Gasteiger partial charge in [0.25, 0.3) is 0 Å². The van der Waals surface area contributed by atoms with Gasteiger partial charge in [0.15, 0.2) is 0 Å². The lowest BCUT2D eigenvalue weighted by atomic mass is 9.70. The van der Waals surface area contributed by atoms with Crippen LogP contribution in [0.25, 0.3) is 0 Å². The summed E-state index contributed by atoms with van der Waals surface area (Å²) in [5.41, 5.74) is -0.313. The SMILES string of the molecule is CCCCCNC(=O)C1N(CCCO)C(=O)[C@@H]2[C@H](C(=O)Nc3ccccc3)[C@@H]3CCC12O3. The van der Waals surface area contributed by atoms with Gasteiger partial charge in [-0.2, -0.15) is 0 Å². The fourth-order valence-electron chi connectivity index (χ4n) is 5.67. The Kier molecular flexibility index (Phi) is 6.81. The Morgan fingerprint density at radius 2 is 1.97 bits per heavy atom. The molecule has 3 fully saturated rings. The smallest absolute Gasteiger partial charge is 0.245 e. The number of carbonyl (C=O) groups excluding carboxylic acids is 3. The second-order valence-corrected chi connectivity index (χ2v) is 9.02. The van der Waals surface area contributed by atoms with Crippen LogP contribution in [-0.4, -0.2) is 65.2 Å². The van der Waals surface area contributed by atoms with Gasteiger partial charge in [0.2, 0.25) is 17.7 Å². The molecule has 3 amide bonds. The molecule has 3 aliphatic rings. The van der Waals surface area contributed by atoms with Crippen molar-refractivity contribution < 1.29 is 24.2 Å². The van der Waals surface area contributed by atoms with E-state index in [1.54, 1.807) is 17.0 Å². The molecule has 32 heavy (non-hydrogen) atoms. The first-order valence-corrected chi connectivity index (χ1v) is 11.8. The molecule has 1 aromatic carbocycles. The number of hydrogen-bond acceptors (Lipinski definition) is 5. The van der Waals surface area contributed by atoms with Crippen molar-refractivity contribution in [3.05, 3.63) is 30.3 Å². The molecule has 8 nitrogen and oxygen atoms in total. The molecule has 8 heteroatoms. The van der Waals surface area contributed by atoms with Gasteiger partial charge in [-0.25, -0.2) is 0 Å². The van der Waals surface area contributed by atoms with Crippen LogP contribution in [0, 0.1) is 11.8 Å². The van der Waals surface area contributed by atoms with Crippen LogP contribution in [0.4, 0.5) is 5.69 Å². The van der Waals surface area contributed by atoms with Crippen molar-refractivity contribution >= 4 is 23.4 Å². The molecule has 1 spiro atoms. The highest BCUT2D eigenvalue weighted by atomic mass is 16.5. The summed E-state index contributed by atoms with van der Waals surface area (Å²) in [4.78, 5) is 41.6. The molecule has 174 valence electrons. The van der Waals surface area contributed by atoms with Crippen LogP contribution in [0.2, 0.25) is 0 Å². The van der Waals surface area contributed by atoms with Crippen molar-refractivity contribution in [2.24, 2.45) is 11.8 Å². The van der Waals surface area contributed by atoms with Gasteiger partial charge in [0.05, 0.1) is 17.9 Å². The highest BCUT2D eigenvalue weighted by Crippen LogP contribution is 2.58. The van der Waals surface area contributed by atoms with Crippen molar-refractivity contribution in [3.63, 3.8) is 0 Å². The molecule has 5 atom stereocenters. The number of unbranched alkanes of at least 4 members (excludes halogenated alkanes) is 2. The Balaban J connectivity index is 1.58. The number of ether oxygens (including phenoxy) is 1. The molecular weight excluding hydrogens is 410 g/mol. The summed E-state index contributed by atoms with van der Waals surface area (Å²) < 4.78 is 6.35. The third kappa shape index (κ3) is 3.90. The van der Waals surface area contributed by atoms with E-state index in [1.165, 1.54) is 0 Å². The minimum Gasteiger partial charge on any atom is -0.396 e. The van der Waals surface area contributed by atoms with E-state index in [0.717, 1.165) is 19.3 Å². The minimum absolute atomic E-state index is 0.0757. The summed E-state index contributed by atoms with van der Waals surface area (Å²) in [5.74, 6) is -2.00. The second kappa shape index (κ2) is 9.58. The predicted molar refractivity (Wildman–Crippen MR) is 119 cm³/mol. The van der Waals surface area contributed by atoms with E-state index >= 15 is 0 Å². The van der Waals surface area contributed by atoms with Gasteiger partial charge in [-0.1, -0.05) is 38.0 Å². The van der Waals surface area contributed by atoms with Crippen molar-refractivity contribution in [3.8, 4) is 0 Å². The van der Waals surface area contributed by atoms with Crippen LogP contribution in [0.1, 0.15) is 45.4 Å². The van der Waals surface area contributed by atoms with Crippen molar-refractivity contribution in [2.45, 2.75) is 63.2 Å². The molecule has 3 heterocycles. The lowest BCUT2D eigenvalue weighted by Gasteiger charge is -2.33. The monoisotopic (exact) mass is 443 g/mol. The number of aliphatic hydroxyl groups is 1. The maximum Gasteiger partial charge on any atom is 0.245 e. The highest BCUT2D eigenvalue weighted by Gasteiger charge is 2.74. The van der Waals surface area contributed by atoms with Crippen LogP contribution in [0.3, 0.4) is 0 Å². The van der Waals surface area contributed by atoms with Gasteiger partial charge in [-0.3, -0.25) is 14.4 Å². The molecular formula is C24H33N3O5. The molecule has 0 aliphatic carbocycles. The van der Waals surface area contributed by atoms with Gasteiger partial charge in [0, 0.05) is 25.4 Å². The molecule has 3 aliphatic heterocycles. The molecule has 2 unspecified atom stereocenters. The minimum atomic E-state index is -0.981. The van der Waals surface area contributed by atoms with Crippen molar-refractivity contribution in [1.82, 2.24) is 10.2 Å². The Bertz CT molecular complexity index is 847. The van der Waals surface area contributed by atoms with Gasteiger partial charge < -0.3 is 25.4 Å². The Labute approximate surface area is 188 Å². The number of anilines is 1. The molecule has 4 rings (SSSR count). The number of para-hydroxylation sites is 1. The molecule has 0 radical (unpaired) electrons. The number of amides is 3. The standard InChI is InChI=1S/C24H33N3O5/c1-2-3-7-13-25-22(30)20-24-12-11-17(32-24)18(19(24)23(31)27(20)14-8-15-28)21(29)26-16-9-5-4-6-10-16/h4-6,9-10,17-20,28H,2-3,7-8,11-15H2,1H3,(H,25,30)(H,26,29)/t17-,18+,19-,20?,24?/m0/s1. The van der Waals surface area contributed by atoms with E-state index in [0.29, 0.717) is 31.5 Å². The first kappa shape index (κ1) is 22.7. The zero-order chi connectivity index (χ0) is 22.7. The van der Waals surface area contributed by atoms with Crippen LogP contribution in [0.5, 0.6) is 0 Å². The number of benzene rings is 1. The average Bonchev–Trinajstić information content (AvgIpc) is 3.43. The Morgan fingerprint density at radius 3 is 2.69 bits per heavy atom. The number of likely N-dealkylation sites (tertiary alicyclic amines) is 1. The van der Waals surface area contributed by atoms with E-state index in [4.69, 9.17) is 4.74 Å². The summed E-state index contributed by atoms with van der Waals surface area (Å²) in [6.07, 6.45) is 4.17. The molecule has 0 aromatic heterocycles. The lowest BCUT2D eigenvalue weighted by molar-refractivity contribution is -0.141. The van der Waals surface area contributed by atoms with Gasteiger partial charge in [-0.15, -0.1) is 0 Å². The number of hydrogen-bond donors (Lipinski definition) is 3. The van der Waals surface area contributed by atoms with E-state index in [9.17, 15) is 19.5 Å². The molecule has 3 N–H and O–H groups in total. The average molecular weight is 444 g/mol. The molecule has 3 saturated heterocycles. The number of rotatable bonds is 10. The first-order chi connectivity index (χ1) is 15.5. The van der Waals surface area contributed by atoms with Crippen LogP contribution in [0.15, 0.2) is 30.3 Å². The molecule has 2 bridgehead atoms.